The summed E-state index contributed by atoms with van der Waals surface area (Å²) in [6, 6.07) is 14.1. The minimum Gasteiger partial charge on any atom is -0.465 e. The summed E-state index contributed by atoms with van der Waals surface area (Å²) >= 11 is 0. The van der Waals surface area contributed by atoms with Crippen molar-refractivity contribution < 1.29 is 18.7 Å². The highest BCUT2D eigenvalue weighted by atomic mass is 19.1. The largest absolute Gasteiger partial charge is 0.465 e. The molecule has 0 spiro atoms. The van der Waals surface area contributed by atoms with Gasteiger partial charge in [-0.15, -0.1) is 5.10 Å². The monoisotopic (exact) mass is 513 g/mol. The molecule has 0 aliphatic carbocycles. The number of fused-ring (bicyclic) bond motifs is 3. The fourth-order valence-electron chi connectivity index (χ4n) is 5.82. The Hall–Kier alpha value is -4.11. The van der Waals surface area contributed by atoms with Crippen LogP contribution in [0, 0.1) is 18.7 Å². The summed E-state index contributed by atoms with van der Waals surface area (Å²) in [6.07, 6.45) is 3.49. The van der Waals surface area contributed by atoms with Crippen LogP contribution in [0.2, 0.25) is 0 Å². The number of carbonyl (C=O) groups excluding carboxylic acids is 1. The summed E-state index contributed by atoms with van der Waals surface area (Å²) in [4.78, 5) is 17.4. The molecule has 194 valence electrons. The van der Waals surface area contributed by atoms with E-state index in [-0.39, 0.29) is 17.8 Å². The van der Waals surface area contributed by atoms with Crippen molar-refractivity contribution in [1.29, 1.82) is 0 Å². The average Bonchev–Trinajstić information content (AvgIpc) is 3.46. The molecule has 0 saturated carbocycles. The van der Waals surface area contributed by atoms with Gasteiger partial charge in [0.15, 0.2) is 0 Å². The van der Waals surface area contributed by atoms with Gasteiger partial charge in [0.2, 0.25) is 0 Å². The molecule has 1 atom stereocenters. The predicted octanol–water partition coefficient (Wildman–Crippen LogP) is 5.24. The quantitative estimate of drug-likeness (QED) is 0.299. The van der Waals surface area contributed by atoms with Crippen LogP contribution in [0.25, 0.3) is 33.2 Å². The number of hydrogen-bond donors (Lipinski definition) is 0. The number of benzene rings is 2. The number of pyridine rings is 1. The van der Waals surface area contributed by atoms with Crippen molar-refractivity contribution in [3.8, 4) is 11.3 Å². The molecule has 0 amide bonds. The third-order valence-electron chi connectivity index (χ3n) is 7.55. The van der Waals surface area contributed by atoms with Gasteiger partial charge < -0.3 is 14.0 Å². The predicted molar refractivity (Wildman–Crippen MR) is 141 cm³/mol. The van der Waals surface area contributed by atoms with Crippen LogP contribution in [0.4, 0.5) is 4.39 Å². The van der Waals surface area contributed by atoms with Crippen LogP contribution in [-0.4, -0.2) is 50.8 Å². The molecule has 3 aromatic heterocycles. The van der Waals surface area contributed by atoms with E-state index in [0.717, 1.165) is 57.3 Å². The minimum absolute atomic E-state index is 0.156. The van der Waals surface area contributed by atoms with Gasteiger partial charge in [-0.2, -0.15) is 0 Å². The van der Waals surface area contributed by atoms with Gasteiger partial charge in [-0.25, -0.2) is 13.9 Å². The van der Waals surface area contributed by atoms with Crippen LogP contribution in [0.1, 0.15) is 40.5 Å². The first-order valence-electron chi connectivity index (χ1n) is 12.7. The van der Waals surface area contributed by atoms with E-state index in [2.05, 4.69) is 14.9 Å². The topological polar surface area (TPSA) is 84.1 Å². The van der Waals surface area contributed by atoms with Crippen LogP contribution in [-0.2, 0) is 16.5 Å². The van der Waals surface area contributed by atoms with Crippen LogP contribution in [0.3, 0.4) is 0 Å². The number of halogens is 1. The van der Waals surface area contributed by atoms with Crippen LogP contribution >= 0.6 is 0 Å². The lowest BCUT2D eigenvalue weighted by Gasteiger charge is -2.33. The molecule has 1 fully saturated rings. The zero-order chi connectivity index (χ0) is 26.4. The van der Waals surface area contributed by atoms with Gasteiger partial charge in [-0.05, 0) is 67.6 Å². The van der Waals surface area contributed by atoms with Gasteiger partial charge in [0.1, 0.15) is 5.82 Å². The van der Waals surface area contributed by atoms with E-state index in [1.807, 2.05) is 44.3 Å². The van der Waals surface area contributed by atoms with E-state index in [1.54, 1.807) is 16.9 Å². The highest BCUT2D eigenvalue weighted by Crippen LogP contribution is 2.43. The van der Waals surface area contributed by atoms with Gasteiger partial charge in [0.25, 0.3) is 0 Å². The molecule has 6 rings (SSSR count). The number of nitrogens with zero attached hydrogens (tertiary/aromatic N) is 5. The van der Waals surface area contributed by atoms with Gasteiger partial charge in [0.05, 0.1) is 46.7 Å². The Balaban J connectivity index is 1.75. The zero-order valence-corrected chi connectivity index (χ0v) is 21.5. The molecule has 1 saturated heterocycles. The van der Waals surface area contributed by atoms with Crippen LogP contribution < -0.4 is 0 Å². The molecule has 4 heterocycles. The number of ether oxygens (including phenoxy) is 2. The molecule has 38 heavy (non-hydrogen) atoms. The SMILES string of the molecule is COC(=O)c1ccc2c3nccc(-c4c(C)nnn4C)c3n(C(c3ccc(F)cc3)C3CCOCC3)c2c1. The maximum atomic E-state index is 14.1. The molecule has 0 bridgehead atoms. The van der Waals surface area contributed by atoms with E-state index in [4.69, 9.17) is 14.5 Å². The first-order valence-corrected chi connectivity index (χ1v) is 12.7. The minimum atomic E-state index is -0.409. The second-order valence-electron chi connectivity index (χ2n) is 9.74. The standard InChI is InChI=1S/C29H28FN5O3/c1-17-26(34(2)33-32-17)23-10-13-31-25-22-9-6-20(29(36)37-3)16-24(22)35(28(23)25)27(19-11-14-38-15-12-19)18-4-7-21(30)8-5-18/h4-10,13,16,19,27H,11-12,14-15H2,1-3H3. The highest BCUT2D eigenvalue weighted by Gasteiger charge is 2.32. The zero-order valence-electron chi connectivity index (χ0n) is 21.5. The molecule has 0 N–H and O–H groups in total. The summed E-state index contributed by atoms with van der Waals surface area (Å²) in [5.41, 5.74) is 6.65. The number of carbonyl (C=O) groups is 1. The summed E-state index contributed by atoms with van der Waals surface area (Å²) < 4.78 is 28.9. The van der Waals surface area contributed by atoms with Crippen molar-refractivity contribution in [3.63, 3.8) is 0 Å². The Morgan fingerprint density at radius 2 is 1.89 bits per heavy atom. The van der Waals surface area contributed by atoms with Crippen molar-refractivity contribution in [2.45, 2.75) is 25.8 Å². The van der Waals surface area contributed by atoms with Crippen LogP contribution in [0.5, 0.6) is 0 Å². The third-order valence-corrected chi connectivity index (χ3v) is 7.55. The van der Waals surface area contributed by atoms with Crippen molar-refractivity contribution in [2.75, 3.05) is 20.3 Å². The summed E-state index contributed by atoms with van der Waals surface area (Å²) in [5.74, 6) is -0.477. The number of methoxy groups -OCH3 is 1. The van der Waals surface area contributed by atoms with E-state index in [0.29, 0.717) is 18.8 Å². The van der Waals surface area contributed by atoms with Crippen molar-refractivity contribution >= 4 is 27.9 Å². The first kappa shape index (κ1) is 24.2. The summed E-state index contributed by atoms with van der Waals surface area (Å²) in [6.45, 7) is 3.25. The lowest BCUT2D eigenvalue weighted by atomic mass is 9.86. The Morgan fingerprint density at radius 1 is 1.13 bits per heavy atom. The first-order chi connectivity index (χ1) is 18.5. The molecule has 0 radical (unpaired) electrons. The Bertz CT molecular complexity index is 1630. The average molecular weight is 514 g/mol. The molecule has 2 aromatic carbocycles. The molecule has 1 aliphatic rings. The van der Waals surface area contributed by atoms with E-state index in [9.17, 15) is 9.18 Å². The fourth-order valence-corrected chi connectivity index (χ4v) is 5.82. The Kier molecular flexibility index (Phi) is 6.15. The number of rotatable bonds is 5. The molecule has 5 aromatic rings. The molecule has 1 unspecified atom stereocenters. The maximum Gasteiger partial charge on any atom is 0.337 e. The molecular weight excluding hydrogens is 485 g/mol. The van der Waals surface area contributed by atoms with Gasteiger partial charge in [-0.1, -0.05) is 17.3 Å². The maximum absolute atomic E-state index is 14.1. The molecular formula is C29H28FN5O3. The number of aromatic nitrogens is 5. The summed E-state index contributed by atoms with van der Waals surface area (Å²) in [5, 5.41) is 9.47. The van der Waals surface area contributed by atoms with Crippen molar-refractivity contribution in [1.82, 2.24) is 24.5 Å². The lowest BCUT2D eigenvalue weighted by Crippen LogP contribution is -2.27. The number of aryl methyl sites for hydroxylation is 2. The van der Waals surface area contributed by atoms with Crippen molar-refractivity contribution in [3.05, 3.63) is 77.4 Å². The van der Waals surface area contributed by atoms with Gasteiger partial charge in [0, 0.05) is 37.4 Å². The van der Waals surface area contributed by atoms with E-state index in [1.165, 1.54) is 19.2 Å². The van der Waals surface area contributed by atoms with E-state index < -0.39 is 5.97 Å². The smallest absolute Gasteiger partial charge is 0.337 e. The Labute approximate surface area is 219 Å². The van der Waals surface area contributed by atoms with Crippen LogP contribution in [0.15, 0.2) is 54.7 Å². The normalized spacial score (nSPS) is 15.3. The van der Waals surface area contributed by atoms with E-state index >= 15 is 0 Å². The fraction of sp³-hybridized carbons (Fsp3) is 0.310. The molecule has 8 nitrogen and oxygen atoms in total. The Morgan fingerprint density at radius 3 is 2.58 bits per heavy atom. The molecule has 9 heteroatoms. The molecule has 1 aliphatic heterocycles. The van der Waals surface area contributed by atoms with Crippen molar-refractivity contribution in [2.24, 2.45) is 13.0 Å². The second kappa shape index (κ2) is 9.64. The highest BCUT2D eigenvalue weighted by molar-refractivity contribution is 6.12. The lowest BCUT2D eigenvalue weighted by molar-refractivity contribution is 0.0553. The number of esters is 1. The number of hydrogen-bond acceptors (Lipinski definition) is 6. The third kappa shape index (κ3) is 3.94. The summed E-state index contributed by atoms with van der Waals surface area (Å²) in [7, 11) is 3.25. The van der Waals surface area contributed by atoms with Gasteiger partial charge >= 0.3 is 5.97 Å². The second-order valence-corrected chi connectivity index (χ2v) is 9.74. The van der Waals surface area contributed by atoms with Gasteiger partial charge in [-0.3, -0.25) is 4.98 Å².